The molecule has 0 aliphatic heterocycles. The number of nitrogens with one attached hydrogen (secondary N) is 3. The van der Waals surface area contributed by atoms with Crippen LogP contribution in [0.2, 0.25) is 0 Å². The molecular formula is C20H21N5O3. The van der Waals surface area contributed by atoms with Gasteiger partial charge in [0.15, 0.2) is 0 Å². The van der Waals surface area contributed by atoms with Crippen LogP contribution in [0, 0.1) is 6.92 Å². The van der Waals surface area contributed by atoms with Crippen molar-refractivity contribution in [2.45, 2.75) is 20.4 Å². The smallest absolute Gasteiger partial charge is 0.404 e. The van der Waals surface area contributed by atoms with Crippen LogP contribution >= 0.6 is 0 Å². The lowest BCUT2D eigenvalue weighted by atomic mass is 9.96. The highest BCUT2D eigenvalue weighted by Crippen LogP contribution is 2.32. The number of carboxylic acid groups (broad SMARTS) is 1. The maximum absolute atomic E-state index is 11.8. The molecule has 0 radical (unpaired) electrons. The van der Waals surface area contributed by atoms with Crippen molar-refractivity contribution in [1.82, 2.24) is 20.6 Å². The lowest BCUT2D eigenvalue weighted by Gasteiger charge is -2.13. The number of benzene rings is 1. The summed E-state index contributed by atoms with van der Waals surface area (Å²) < 4.78 is 0. The van der Waals surface area contributed by atoms with Crippen LogP contribution in [0.5, 0.6) is 0 Å². The lowest BCUT2D eigenvalue weighted by Crippen LogP contribution is -2.28. The van der Waals surface area contributed by atoms with Gasteiger partial charge >= 0.3 is 12.1 Å². The quantitative estimate of drug-likeness (QED) is 0.541. The Morgan fingerprint density at radius 1 is 1.07 bits per heavy atom. The van der Waals surface area contributed by atoms with Crippen molar-refractivity contribution in [2.75, 3.05) is 11.9 Å². The van der Waals surface area contributed by atoms with E-state index in [1.54, 1.807) is 18.5 Å². The highest BCUT2D eigenvalue weighted by Gasteiger charge is 2.12. The molecule has 144 valence electrons. The van der Waals surface area contributed by atoms with E-state index in [0.717, 1.165) is 33.2 Å². The van der Waals surface area contributed by atoms with Crippen LogP contribution in [-0.4, -0.2) is 33.7 Å². The van der Waals surface area contributed by atoms with E-state index in [4.69, 9.17) is 5.11 Å². The molecule has 0 unspecified atom stereocenters. The van der Waals surface area contributed by atoms with Crippen LogP contribution in [0.3, 0.4) is 0 Å². The number of hydrogen-bond donors (Lipinski definition) is 4. The van der Waals surface area contributed by atoms with Gasteiger partial charge in [0.1, 0.15) is 5.82 Å². The minimum Gasteiger partial charge on any atom is -0.465 e. The summed E-state index contributed by atoms with van der Waals surface area (Å²) in [5, 5.41) is 18.3. The molecule has 8 nitrogen and oxygen atoms in total. The number of aryl methyl sites for hydroxylation is 1. The summed E-state index contributed by atoms with van der Waals surface area (Å²) in [5.74, 6) is 0.411. The molecule has 0 atom stereocenters. The topological polar surface area (TPSA) is 116 Å². The molecule has 28 heavy (non-hydrogen) atoms. The minimum atomic E-state index is -1.09. The minimum absolute atomic E-state index is 0.159. The zero-order valence-corrected chi connectivity index (χ0v) is 15.6. The molecule has 0 aliphatic carbocycles. The van der Waals surface area contributed by atoms with Crippen LogP contribution < -0.4 is 16.0 Å². The van der Waals surface area contributed by atoms with Gasteiger partial charge in [-0.2, -0.15) is 0 Å². The fourth-order valence-electron chi connectivity index (χ4n) is 2.98. The number of anilines is 1. The zero-order valence-electron chi connectivity index (χ0n) is 15.6. The third kappa shape index (κ3) is 4.35. The van der Waals surface area contributed by atoms with E-state index < -0.39 is 6.09 Å². The first kappa shape index (κ1) is 19.1. The first-order chi connectivity index (χ1) is 13.5. The van der Waals surface area contributed by atoms with Crippen LogP contribution in [0.4, 0.5) is 15.4 Å². The highest BCUT2D eigenvalue weighted by atomic mass is 16.4. The number of nitrogens with zero attached hydrogens (tertiary/aromatic N) is 2. The van der Waals surface area contributed by atoms with E-state index in [1.165, 1.54) is 0 Å². The Morgan fingerprint density at radius 3 is 2.61 bits per heavy atom. The van der Waals surface area contributed by atoms with E-state index in [1.807, 2.05) is 38.1 Å². The van der Waals surface area contributed by atoms with Crippen LogP contribution in [-0.2, 0) is 6.54 Å². The Bertz CT molecular complexity index is 1040. The maximum Gasteiger partial charge on any atom is 0.404 e. The van der Waals surface area contributed by atoms with Crippen molar-refractivity contribution >= 4 is 28.7 Å². The number of aromatic nitrogens is 2. The molecule has 8 heteroatoms. The molecule has 3 rings (SSSR count). The summed E-state index contributed by atoms with van der Waals surface area (Å²) in [5.41, 5.74) is 3.60. The van der Waals surface area contributed by atoms with E-state index in [0.29, 0.717) is 12.4 Å². The van der Waals surface area contributed by atoms with Gasteiger partial charge in [-0.05, 0) is 54.1 Å². The van der Waals surface area contributed by atoms with Gasteiger partial charge in [-0.3, -0.25) is 10.3 Å². The fraction of sp³-hybridized carbons (Fsp3) is 0.200. The average Bonchev–Trinajstić information content (AvgIpc) is 2.66. The summed E-state index contributed by atoms with van der Waals surface area (Å²) in [6.07, 6.45) is 2.29. The summed E-state index contributed by atoms with van der Waals surface area (Å²) in [6, 6.07) is 9.16. The molecule has 0 saturated heterocycles. The first-order valence-electron chi connectivity index (χ1n) is 8.84. The fourth-order valence-corrected chi connectivity index (χ4v) is 2.98. The number of urea groups is 1. The number of carbonyl (C=O) groups is 2. The number of carbonyl (C=O) groups excluding carboxylic acids is 1. The number of hydrogen-bond acceptors (Lipinski definition) is 4. The summed E-state index contributed by atoms with van der Waals surface area (Å²) >= 11 is 0. The molecule has 0 spiro atoms. The first-order valence-corrected chi connectivity index (χ1v) is 8.84. The Morgan fingerprint density at radius 2 is 1.89 bits per heavy atom. The van der Waals surface area contributed by atoms with Crippen LogP contribution in [0.1, 0.15) is 18.2 Å². The second-order valence-corrected chi connectivity index (χ2v) is 6.22. The van der Waals surface area contributed by atoms with Crippen molar-refractivity contribution in [1.29, 1.82) is 0 Å². The van der Waals surface area contributed by atoms with E-state index in [2.05, 4.69) is 25.9 Å². The SMILES string of the molecule is CCNC(=O)Nc1cc2c(-c3ccnc(C)c3)ccc(CNC(=O)O)c2cn1. The van der Waals surface area contributed by atoms with Crippen molar-refractivity contribution in [3.8, 4) is 11.1 Å². The van der Waals surface area contributed by atoms with Crippen molar-refractivity contribution in [3.63, 3.8) is 0 Å². The van der Waals surface area contributed by atoms with Crippen LogP contribution in [0.15, 0.2) is 42.7 Å². The number of pyridine rings is 2. The average molecular weight is 379 g/mol. The molecule has 0 bridgehead atoms. The van der Waals surface area contributed by atoms with Gasteiger partial charge in [-0.15, -0.1) is 0 Å². The monoisotopic (exact) mass is 379 g/mol. The maximum atomic E-state index is 11.8. The lowest BCUT2D eigenvalue weighted by molar-refractivity contribution is 0.194. The van der Waals surface area contributed by atoms with Crippen molar-refractivity contribution in [2.24, 2.45) is 0 Å². The molecule has 0 fully saturated rings. The van der Waals surface area contributed by atoms with Gasteiger partial charge in [0, 0.05) is 36.6 Å². The van der Waals surface area contributed by atoms with Gasteiger partial charge in [0.2, 0.25) is 0 Å². The Balaban J connectivity index is 2.11. The second-order valence-electron chi connectivity index (χ2n) is 6.22. The largest absolute Gasteiger partial charge is 0.465 e. The molecule has 1 aromatic carbocycles. The van der Waals surface area contributed by atoms with Gasteiger partial charge in [0.05, 0.1) is 0 Å². The molecule has 2 heterocycles. The molecule has 0 saturated carbocycles. The summed E-state index contributed by atoms with van der Waals surface area (Å²) in [4.78, 5) is 31.3. The number of fused-ring (bicyclic) bond motifs is 1. The third-order valence-corrected chi connectivity index (χ3v) is 4.21. The van der Waals surface area contributed by atoms with Gasteiger partial charge in [-0.25, -0.2) is 14.6 Å². The van der Waals surface area contributed by atoms with Crippen LogP contribution in [0.25, 0.3) is 21.9 Å². The molecular weight excluding hydrogens is 358 g/mol. The van der Waals surface area contributed by atoms with Crippen molar-refractivity contribution in [3.05, 3.63) is 54.0 Å². The highest BCUT2D eigenvalue weighted by molar-refractivity contribution is 6.00. The zero-order chi connectivity index (χ0) is 20.1. The van der Waals surface area contributed by atoms with E-state index >= 15 is 0 Å². The van der Waals surface area contributed by atoms with Crippen molar-refractivity contribution < 1.29 is 14.7 Å². The summed E-state index contributed by atoms with van der Waals surface area (Å²) in [7, 11) is 0. The number of amides is 3. The Kier molecular flexibility index (Phi) is 5.69. The standard InChI is InChI=1S/C20H21N5O3/c1-3-21-19(26)25-18-9-16-15(13-6-7-22-12(2)8-13)5-4-14(10-24-20(27)28)17(16)11-23-18/h4-9,11,24H,3,10H2,1-2H3,(H,27,28)(H2,21,23,25,26). The molecule has 3 aromatic rings. The number of rotatable bonds is 5. The predicted octanol–water partition coefficient (Wildman–Crippen LogP) is 3.51. The van der Waals surface area contributed by atoms with Gasteiger partial charge in [-0.1, -0.05) is 12.1 Å². The normalized spacial score (nSPS) is 10.5. The molecule has 2 aromatic heterocycles. The van der Waals surface area contributed by atoms with Gasteiger partial charge in [0.25, 0.3) is 0 Å². The van der Waals surface area contributed by atoms with E-state index in [-0.39, 0.29) is 12.6 Å². The molecule has 0 aliphatic rings. The Labute approximate surface area is 162 Å². The Hall–Kier alpha value is -3.68. The molecule has 3 amide bonds. The van der Waals surface area contributed by atoms with Gasteiger partial charge < -0.3 is 15.7 Å². The van der Waals surface area contributed by atoms with E-state index in [9.17, 15) is 9.59 Å². The third-order valence-electron chi connectivity index (χ3n) is 4.21. The second kappa shape index (κ2) is 8.34. The molecule has 4 N–H and O–H groups in total. The summed E-state index contributed by atoms with van der Waals surface area (Å²) in [6.45, 7) is 4.41. The predicted molar refractivity (Wildman–Crippen MR) is 107 cm³/mol.